The van der Waals surface area contributed by atoms with E-state index in [0.29, 0.717) is 18.1 Å². The van der Waals surface area contributed by atoms with Crippen molar-refractivity contribution in [2.75, 3.05) is 5.75 Å². The summed E-state index contributed by atoms with van der Waals surface area (Å²) in [6.07, 6.45) is 1.53. The third-order valence-electron chi connectivity index (χ3n) is 4.25. The molecule has 0 aliphatic carbocycles. The van der Waals surface area contributed by atoms with Crippen molar-refractivity contribution >= 4 is 35.0 Å². The van der Waals surface area contributed by atoms with Crippen molar-refractivity contribution in [2.24, 2.45) is 0 Å². The van der Waals surface area contributed by atoms with Crippen LogP contribution in [0.2, 0.25) is 0 Å². The summed E-state index contributed by atoms with van der Waals surface area (Å²) in [7, 11) is 0. The highest BCUT2D eigenvalue weighted by molar-refractivity contribution is 7.99. The topological polar surface area (TPSA) is 88.9 Å². The third-order valence-corrected chi connectivity index (χ3v) is 6.09. The van der Waals surface area contributed by atoms with Crippen LogP contribution in [-0.4, -0.2) is 38.0 Å². The predicted molar refractivity (Wildman–Crippen MR) is 124 cm³/mol. The van der Waals surface area contributed by atoms with Crippen LogP contribution in [0.5, 0.6) is 0 Å². The van der Waals surface area contributed by atoms with Gasteiger partial charge in [-0.15, -0.1) is 21.5 Å². The van der Waals surface area contributed by atoms with Gasteiger partial charge in [-0.2, -0.15) is 0 Å². The van der Waals surface area contributed by atoms with Crippen LogP contribution in [0.1, 0.15) is 37.0 Å². The van der Waals surface area contributed by atoms with Gasteiger partial charge in [-0.25, -0.2) is 4.79 Å². The molecule has 0 radical (unpaired) electrons. The van der Waals surface area contributed by atoms with Crippen LogP contribution in [0.4, 0.5) is 4.79 Å². The minimum absolute atomic E-state index is 0.0834. The van der Waals surface area contributed by atoms with Gasteiger partial charge in [0.15, 0.2) is 5.16 Å². The molecular formula is C22H27N5O2S2. The van der Waals surface area contributed by atoms with Gasteiger partial charge in [-0.1, -0.05) is 48.2 Å². The average molecular weight is 458 g/mol. The number of thiophene rings is 1. The van der Waals surface area contributed by atoms with Gasteiger partial charge in [0.1, 0.15) is 5.82 Å². The highest BCUT2D eigenvalue weighted by Crippen LogP contribution is 2.21. The smallest absolute Gasteiger partial charge is 0.321 e. The number of aromatic nitrogens is 3. The number of benzene rings is 1. The lowest BCUT2D eigenvalue weighted by Crippen LogP contribution is -2.48. The Morgan fingerprint density at radius 2 is 1.87 bits per heavy atom. The van der Waals surface area contributed by atoms with Gasteiger partial charge in [0.2, 0.25) is 5.91 Å². The number of amides is 3. The summed E-state index contributed by atoms with van der Waals surface area (Å²) in [6, 6.07) is 13.8. The van der Waals surface area contributed by atoms with Crippen molar-refractivity contribution in [3.63, 3.8) is 0 Å². The van der Waals surface area contributed by atoms with E-state index in [1.807, 2.05) is 50.4 Å². The molecule has 2 N–H and O–H groups in total. The number of aryl methyl sites for hydroxylation is 1. The molecule has 31 heavy (non-hydrogen) atoms. The van der Waals surface area contributed by atoms with E-state index < -0.39 is 11.6 Å². The lowest BCUT2D eigenvalue weighted by molar-refractivity contribution is -0.117. The summed E-state index contributed by atoms with van der Waals surface area (Å²) < 4.78 is 2.07. The van der Waals surface area contributed by atoms with E-state index in [-0.39, 0.29) is 11.7 Å². The molecule has 0 unspecified atom stereocenters. The van der Waals surface area contributed by atoms with Gasteiger partial charge in [-0.05, 0) is 44.2 Å². The van der Waals surface area contributed by atoms with Crippen molar-refractivity contribution in [3.05, 3.63) is 64.1 Å². The molecule has 0 aliphatic rings. The second kappa shape index (κ2) is 10.6. The summed E-state index contributed by atoms with van der Waals surface area (Å²) in [4.78, 5) is 25.3. The molecule has 0 fully saturated rings. The molecule has 3 amide bonds. The number of thioether (sulfide) groups is 1. The van der Waals surface area contributed by atoms with E-state index >= 15 is 0 Å². The Morgan fingerprint density at radius 3 is 2.55 bits per heavy atom. The predicted octanol–water partition coefficient (Wildman–Crippen LogP) is 3.89. The van der Waals surface area contributed by atoms with Crippen molar-refractivity contribution in [2.45, 2.75) is 50.9 Å². The normalized spacial score (nSPS) is 11.3. The quantitative estimate of drug-likeness (QED) is 0.501. The zero-order valence-electron chi connectivity index (χ0n) is 17.9. The van der Waals surface area contributed by atoms with E-state index in [4.69, 9.17) is 0 Å². The minimum Gasteiger partial charge on any atom is -0.333 e. The molecule has 0 saturated carbocycles. The molecule has 2 heterocycles. The van der Waals surface area contributed by atoms with Gasteiger partial charge in [0.05, 0.1) is 5.75 Å². The van der Waals surface area contributed by atoms with E-state index in [1.54, 1.807) is 11.3 Å². The number of urea groups is 1. The Kier molecular flexibility index (Phi) is 7.86. The molecule has 2 aromatic heterocycles. The zero-order valence-corrected chi connectivity index (χ0v) is 19.6. The molecule has 0 saturated heterocycles. The average Bonchev–Trinajstić information content (AvgIpc) is 3.34. The number of hydrogen-bond acceptors (Lipinski definition) is 6. The fraction of sp³-hybridized carbons (Fsp3) is 0.364. The Morgan fingerprint density at radius 1 is 1.10 bits per heavy atom. The zero-order chi connectivity index (χ0) is 22.3. The molecular weight excluding hydrogens is 430 g/mol. The first kappa shape index (κ1) is 23.0. The van der Waals surface area contributed by atoms with Crippen molar-refractivity contribution in [3.8, 4) is 0 Å². The van der Waals surface area contributed by atoms with Gasteiger partial charge in [0.25, 0.3) is 0 Å². The van der Waals surface area contributed by atoms with Gasteiger partial charge < -0.3 is 9.88 Å². The van der Waals surface area contributed by atoms with Crippen molar-refractivity contribution < 1.29 is 9.59 Å². The van der Waals surface area contributed by atoms with E-state index in [2.05, 4.69) is 43.6 Å². The molecule has 0 atom stereocenters. The second-order valence-corrected chi connectivity index (χ2v) is 10.1. The van der Waals surface area contributed by atoms with E-state index in [9.17, 15) is 9.59 Å². The molecule has 0 spiro atoms. The summed E-state index contributed by atoms with van der Waals surface area (Å²) in [5, 5.41) is 16.5. The molecule has 1 aromatic carbocycles. The van der Waals surface area contributed by atoms with Crippen LogP contribution < -0.4 is 10.6 Å². The number of rotatable bonds is 8. The number of carbonyl (C=O) groups is 2. The summed E-state index contributed by atoms with van der Waals surface area (Å²) in [5.74, 6) is 0.580. The highest BCUT2D eigenvalue weighted by atomic mass is 32.2. The fourth-order valence-corrected chi connectivity index (χ4v) is 4.39. The summed E-state index contributed by atoms with van der Waals surface area (Å²) >= 11 is 2.97. The first-order valence-electron chi connectivity index (χ1n) is 10.0. The molecule has 9 heteroatoms. The first-order valence-corrected chi connectivity index (χ1v) is 11.9. The fourth-order valence-electron chi connectivity index (χ4n) is 2.90. The number of nitrogens with zero attached hydrogens (tertiary/aromatic N) is 3. The summed E-state index contributed by atoms with van der Waals surface area (Å²) in [5.41, 5.74) is 0.817. The largest absolute Gasteiger partial charge is 0.333 e. The van der Waals surface area contributed by atoms with Crippen LogP contribution in [-0.2, 0) is 24.2 Å². The molecule has 7 nitrogen and oxygen atoms in total. The van der Waals surface area contributed by atoms with Gasteiger partial charge in [0, 0.05) is 23.4 Å². The monoisotopic (exact) mass is 457 g/mol. The van der Waals surface area contributed by atoms with Crippen LogP contribution in [0.25, 0.3) is 0 Å². The Bertz CT molecular complexity index is 995. The second-order valence-electron chi connectivity index (χ2n) is 8.08. The van der Waals surface area contributed by atoms with Gasteiger partial charge in [-0.3, -0.25) is 10.1 Å². The third kappa shape index (κ3) is 7.52. The van der Waals surface area contributed by atoms with Crippen LogP contribution >= 0.6 is 23.1 Å². The molecule has 164 valence electrons. The minimum atomic E-state index is -0.498. The molecule has 0 aliphatic heterocycles. The molecule has 0 bridgehead atoms. The maximum atomic E-state index is 12.2. The van der Waals surface area contributed by atoms with Crippen LogP contribution in [0.15, 0.2) is 53.0 Å². The maximum Gasteiger partial charge on any atom is 0.321 e. The maximum absolute atomic E-state index is 12.2. The lowest BCUT2D eigenvalue weighted by atomic mass is 10.1. The molecule has 3 aromatic rings. The standard InChI is InChI=1S/C22H27N5O2S2/c1-22(2,3)24-20(29)23-19(28)15-31-21-26-25-18(14-17-10-7-13-30-17)27(21)12-11-16-8-5-4-6-9-16/h4-10,13H,11-12,14-15H2,1-3H3,(H2,23,24,28,29). The van der Waals surface area contributed by atoms with E-state index in [1.165, 1.54) is 22.2 Å². The summed E-state index contributed by atoms with van der Waals surface area (Å²) in [6.45, 7) is 6.29. The van der Waals surface area contributed by atoms with Gasteiger partial charge >= 0.3 is 6.03 Å². The first-order chi connectivity index (χ1) is 14.8. The number of hydrogen-bond donors (Lipinski definition) is 2. The number of carbonyl (C=O) groups excluding carboxylic acids is 2. The van der Waals surface area contributed by atoms with Crippen molar-refractivity contribution in [1.29, 1.82) is 0 Å². The highest BCUT2D eigenvalue weighted by Gasteiger charge is 2.18. The van der Waals surface area contributed by atoms with Crippen LogP contribution in [0.3, 0.4) is 0 Å². The Hall–Kier alpha value is -2.65. The van der Waals surface area contributed by atoms with E-state index in [0.717, 1.165) is 12.2 Å². The van der Waals surface area contributed by atoms with Crippen LogP contribution in [0, 0.1) is 0 Å². The Balaban J connectivity index is 1.66. The van der Waals surface area contributed by atoms with Crippen molar-refractivity contribution in [1.82, 2.24) is 25.4 Å². The number of imide groups is 1. The number of nitrogens with one attached hydrogen (secondary N) is 2. The Labute approximate surface area is 190 Å². The molecule has 3 rings (SSSR count). The SMILES string of the molecule is CC(C)(C)NC(=O)NC(=O)CSc1nnc(Cc2cccs2)n1CCc1ccccc1. The lowest BCUT2D eigenvalue weighted by Gasteiger charge is -2.20.